The number of nitrogens with one attached hydrogen (secondary N) is 1. The van der Waals surface area contributed by atoms with Crippen molar-refractivity contribution in [1.29, 1.82) is 0 Å². The monoisotopic (exact) mass is 455 g/mol. The minimum atomic E-state index is -4.41. The van der Waals surface area contributed by atoms with Crippen molar-refractivity contribution in [3.63, 3.8) is 0 Å². The number of carboxylic acid groups (broad SMARTS) is 1. The van der Waals surface area contributed by atoms with Crippen molar-refractivity contribution >= 4 is 37.4 Å². The molecule has 1 N–H and O–H groups in total. The van der Waals surface area contributed by atoms with Gasteiger partial charge in [-0.1, -0.05) is 0 Å². The predicted octanol–water partition coefficient (Wildman–Crippen LogP) is -5.26. The summed E-state index contributed by atoms with van der Waals surface area (Å²) < 4.78 is 50.4. The average molecular weight is 455 g/mol. The first-order valence-electron chi connectivity index (χ1n) is 7.77. The third-order valence-electron chi connectivity index (χ3n) is 4.93. The Labute approximate surface area is 187 Å². The van der Waals surface area contributed by atoms with E-state index in [1.54, 1.807) is 0 Å². The topological polar surface area (TPSA) is 184 Å². The molecule has 3 atom stereocenters. The molecule has 2 aliphatic rings. The molecule has 1 aromatic carbocycles. The van der Waals surface area contributed by atoms with Crippen LogP contribution in [0.3, 0.4) is 0 Å². The Morgan fingerprint density at radius 2 is 1.76 bits per heavy atom. The van der Waals surface area contributed by atoms with Crippen molar-refractivity contribution in [2.45, 2.75) is 40.9 Å². The summed E-state index contributed by atoms with van der Waals surface area (Å²) in [5, 5.41) is 20.3. The smallest absolute Gasteiger partial charge is 0.548 e. The molecule has 15 heteroatoms. The van der Waals surface area contributed by atoms with Gasteiger partial charge in [0.2, 0.25) is 15.9 Å². The SMILES string of the molecule is CC1(C)[C@H](C(=O)[O-])N2C(=O)[C@@H](NS(=O)(=O)c3ccc([N+](=O)[O-])cc3)[C@H]2S1(=O)=O.[Na+]. The first-order valence-corrected chi connectivity index (χ1v) is 10.8. The summed E-state index contributed by atoms with van der Waals surface area (Å²) in [6.07, 6.45) is 0. The van der Waals surface area contributed by atoms with Crippen molar-refractivity contribution in [2.75, 3.05) is 0 Å². The zero-order valence-corrected chi connectivity index (χ0v) is 19.1. The van der Waals surface area contributed by atoms with Gasteiger partial charge < -0.3 is 14.8 Å². The zero-order chi connectivity index (χ0) is 21.2. The number of nitro benzene ring substituents is 1. The average Bonchev–Trinajstić information content (AvgIpc) is 2.73. The molecule has 152 valence electrons. The fraction of sp³-hybridized carbons (Fsp3) is 0.429. The quantitative estimate of drug-likeness (QED) is 0.196. The number of aliphatic carboxylic acids is 1. The van der Waals surface area contributed by atoms with Crippen molar-refractivity contribution in [1.82, 2.24) is 9.62 Å². The van der Waals surface area contributed by atoms with Gasteiger partial charge in [-0.15, -0.1) is 0 Å². The van der Waals surface area contributed by atoms with Gasteiger partial charge in [-0.2, -0.15) is 4.72 Å². The standard InChI is InChI=1S/C14H15N3O9S2.Na/c1-14(2)10(13(19)20)16-11(18)9(12(16)27(14,23)24)15-28(25,26)8-5-3-7(4-6-8)17(21)22;/h3-6,9-10,12,15H,1-2H3,(H,19,20);/q;+1/p-1/t9-,10+,12-;/m1./s1. The van der Waals surface area contributed by atoms with Gasteiger partial charge in [-0.3, -0.25) is 14.9 Å². The fourth-order valence-electron chi connectivity index (χ4n) is 3.38. The normalized spacial score (nSPS) is 26.8. The molecule has 2 saturated heterocycles. The predicted molar refractivity (Wildman–Crippen MR) is 89.6 cm³/mol. The van der Waals surface area contributed by atoms with Crippen LogP contribution < -0.4 is 39.4 Å². The van der Waals surface area contributed by atoms with Crippen LogP contribution in [0, 0.1) is 10.1 Å². The minimum absolute atomic E-state index is 0. The number of sulfone groups is 1. The van der Waals surface area contributed by atoms with Crippen LogP contribution >= 0.6 is 0 Å². The van der Waals surface area contributed by atoms with E-state index in [4.69, 9.17) is 0 Å². The molecular formula is C14H14N3NaO9S2. The van der Waals surface area contributed by atoms with Crippen molar-refractivity contribution in [3.05, 3.63) is 34.4 Å². The Kier molecular flexibility index (Phi) is 5.95. The molecule has 2 fully saturated rings. The molecule has 0 aliphatic carbocycles. The number of carbonyl (C=O) groups excluding carboxylic acids is 2. The first kappa shape index (κ1) is 23.7. The fourth-order valence-corrected chi connectivity index (χ4v) is 6.87. The molecule has 0 spiro atoms. The number of non-ortho nitro benzene ring substituents is 1. The van der Waals surface area contributed by atoms with E-state index in [-0.39, 0.29) is 35.2 Å². The van der Waals surface area contributed by atoms with Crippen LogP contribution in [0.2, 0.25) is 0 Å². The number of nitrogens with zero attached hydrogens (tertiary/aromatic N) is 2. The largest absolute Gasteiger partial charge is 1.00 e. The second-order valence-corrected chi connectivity index (χ2v) is 11.2. The number of carbonyl (C=O) groups is 2. The van der Waals surface area contributed by atoms with Gasteiger partial charge in [0.1, 0.15) is 6.04 Å². The Morgan fingerprint density at radius 3 is 2.21 bits per heavy atom. The van der Waals surface area contributed by atoms with Gasteiger partial charge in [0.25, 0.3) is 5.69 Å². The number of benzene rings is 1. The molecule has 1 aromatic rings. The van der Waals surface area contributed by atoms with Crippen LogP contribution in [0.5, 0.6) is 0 Å². The molecule has 0 radical (unpaired) electrons. The van der Waals surface area contributed by atoms with E-state index >= 15 is 0 Å². The molecular weight excluding hydrogens is 441 g/mol. The summed E-state index contributed by atoms with van der Waals surface area (Å²) >= 11 is 0. The molecule has 0 aromatic heterocycles. The van der Waals surface area contributed by atoms with E-state index in [0.29, 0.717) is 4.90 Å². The van der Waals surface area contributed by atoms with Crippen LogP contribution in [-0.4, -0.2) is 60.7 Å². The minimum Gasteiger partial charge on any atom is -0.548 e. The van der Waals surface area contributed by atoms with Gasteiger partial charge >= 0.3 is 29.6 Å². The van der Waals surface area contributed by atoms with Gasteiger partial charge in [0.15, 0.2) is 15.2 Å². The summed E-state index contributed by atoms with van der Waals surface area (Å²) in [6, 6.07) is 0.260. The number of sulfonamides is 1. The van der Waals surface area contributed by atoms with Crippen molar-refractivity contribution in [3.8, 4) is 0 Å². The van der Waals surface area contributed by atoms with Crippen LogP contribution in [0.4, 0.5) is 5.69 Å². The summed E-state index contributed by atoms with van der Waals surface area (Å²) in [5.41, 5.74) is -0.359. The zero-order valence-electron chi connectivity index (χ0n) is 15.4. The number of nitro groups is 1. The van der Waals surface area contributed by atoms with E-state index in [1.807, 2.05) is 4.72 Å². The second kappa shape index (κ2) is 7.28. The van der Waals surface area contributed by atoms with E-state index < -0.39 is 63.8 Å². The number of amides is 1. The Morgan fingerprint density at radius 1 is 1.24 bits per heavy atom. The van der Waals surface area contributed by atoms with E-state index in [0.717, 1.165) is 38.1 Å². The number of hydrogen-bond acceptors (Lipinski definition) is 9. The molecule has 2 aliphatic heterocycles. The number of β-lactam (4-membered cyclic amide) rings is 1. The molecule has 0 unspecified atom stereocenters. The summed E-state index contributed by atoms with van der Waals surface area (Å²) in [5.74, 6) is -2.78. The van der Waals surface area contributed by atoms with Crippen LogP contribution in [0.25, 0.3) is 0 Å². The molecule has 2 heterocycles. The van der Waals surface area contributed by atoms with Crippen LogP contribution in [0.1, 0.15) is 13.8 Å². The first-order chi connectivity index (χ1) is 12.7. The second-order valence-electron chi connectivity index (χ2n) is 6.86. The number of rotatable bonds is 5. The molecule has 0 saturated carbocycles. The molecule has 12 nitrogen and oxygen atoms in total. The van der Waals surface area contributed by atoms with Crippen LogP contribution in [-0.2, 0) is 29.4 Å². The molecule has 0 bridgehead atoms. The number of hydrogen-bond donors (Lipinski definition) is 1. The van der Waals surface area contributed by atoms with Crippen molar-refractivity contribution < 1.29 is 66.0 Å². The van der Waals surface area contributed by atoms with Crippen LogP contribution in [0.15, 0.2) is 29.2 Å². The number of carboxylic acids is 1. The maximum absolute atomic E-state index is 12.7. The Balaban J connectivity index is 0.00000300. The van der Waals surface area contributed by atoms with Gasteiger partial charge in [0, 0.05) is 12.1 Å². The summed E-state index contributed by atoms with van der Waals surface area (Å²) in [4.78, 5) is 33.8. The molecule has 29 heavy (non-hydrogen) atoms. The maximum Gasteiger partial charge on any atom is 1.00 e. The van der Waals surface area contributed by atoms with Crippen molar-refractivity contribution in [2.24, 2.45) is 0 Å². The summed E-state index contributed by atoms with van der Waals surface area (Å²) in [7, 11) is -8.65. The Bertz CT molecular complexity index is 1100. The number of fused-ring (bicyclic) bond motifs is 1. The Hall–Kier alpha value is -1.58. The van der Waals surface area contributed by atoms with Gasteiger partial charge in [-0.05, 0) is 26.0 Å². The van der Waals surface area contributed by atoms with E-state index in [9.17, 15) is 41.6 Å². The van der Waals surface area contributed by atoms with E-state index in [1.165, 1.54) is 0 Å². The summed E-state index contributed by atoms with van der Waals surface area (Å²) in [6.45, 7) is 2.24. The third kappa shape index (κ3) is 3.37. The third-order valence-corrected chi connectivity index (χ3v) is 9.21. The van der Waals surface area contributed by atoms with E-state index in [2.05, 4.69) is 0 Å². The molecule has 1 amide bonds. The molecule has 3 rings (SSSR count). The maximum atomic E-state index is 12.7. The van der Waals surface area contributed by atoms with Gasteiger partial charge in [0.05, 0.1) is 26.6 Å². The van der Waals surface area contributed by atoms with Gasteiger partial charge in [-0.25, -0.2) is 16.8 Å².